The van der Waals surface area contributed by atoms with Gasteiger partial charge in [-0.25, -0.2) is 8.42 Å². The standard InChI is InChI=1S/C11H24N2O3S/c1-4-10(2)8-17(15,16)9-11(14)13(3)7-5-6-12/h10H,4-9,12H2,1-3H3. The maximum absolute atomic E-state index is 11.7. The van der Waals surface area contributed by atoms with Gasteiger partial charge in [-0.15, -0.1) is 0 Å². The maximum Gasteiger partial charge on any atom is 0.237 e. The number of hydrogen-bond acceptors (Lipinski definition) is 4. The van der Waals surface area contributed by atoms with E-state index in [-0.39, 0.29) is 17.6 Å². The minimum atomic E-state index is -3.28. The summed E-state index contributed by atoms with van der Waals surface area (Å²) in [5.41, 5.74) is 5.33. The van der Waals surface area contributed by atoms with Crippen LogP contribution in [0.5, 0.6) is 0 Å². The van der Waals surface area contributed by atoms with E-state index >= 15 is 0 Å². The zero-order valence-corrected chi connectivity index (χ0v) is 11.8. The Morgan fingerprint density at radius 1 is 1.41 bits per heavy atom. The van der Waals surface area contributed by atoms with Crippen molar-refractivity contribution in [2.45, 2.75) is 26.7 Å². The van der Waals surface area contributed by atoms with Gasteiger partial charge in [0.2, 0.25) is 5.91 Å². The van der Waals surface area contributed by atoms with Crippen molar-refractivity contribution in [3.8, 4) is 0 Å². The molecule has 0 saturated carbocycles. The normalized spacial score (nSPS) is 13.4. The van der Waals surface area contributed by atoms with E-state index in [1.54, 1.807) is 7.05 Å². The van der Waals surface area contributed by atoms with Crippen LogP contribution < -0.4 is 5.73 Å². The fourth-order valence-electron chi connectivity index (χ4n) is 1.36. The van der Waals surface area contributed by atoms with E-state index in [1.807, 2.05) is 13.8 Å². The van der Waals surface area contributed by atoms with E-state index in [2.05, 4.69) is 0 Å². The third-order valence-corrected chi connectivity index (χ3v) is 4.47. The molecule has 0 saturated heterocycles. The Labute approximate surface area is 104 Å². The van der Waals surface area contributed by atoms with Crippen LogP contribution in [0.1, 0.15) is 26.7 Å². The van der Waals surface area contributed by atoms with Gasteiger partial charge in [-0.05, 0) is 18.9 Å². The third kappa shape index (κ3) is 7.33. The second-order valence-corrected chi connectivity index (χ2v) is 6.63. The Morgan fingerprint density at radius 2 is 2.00 bits per heavy atom. The zero-order valence-electron chi connectivity index (χ0n) is 11.0. The Balaban J connectivity index is 4.26. The Kier molecular flexibility index (Phi) is 7.38. The largest absolute Gasteiger partial charge is 0.345 e. The first-order chi connectivity index (χ1) is 7.82. The zero-order chi connectivity index (χ0) is 13.5. The van der Waals surface area contributed by atoms with Crippen molar-refractivity contribution in [2.24, 2.45) is 11.7 Å². The molecule has 0 aliphatic rings. The molecule has 0 spiro atoms. The number of rotatable bonds is 8. The molecule has 1 atom stereocenters. The van der Waals surface area contributed by atoms with Gasteiger partial charge in [0, 0.05) is 13.6 Å². The summed E-state index contributed by atoms with van der Waals surface area (Å²) in [6.07, 6.45) is 1.49. The first kappa shape index (κ1) is 16.4. The summed E-state index contributed by atoms with van der Waals surface area (Å²) in [5, 5.41) is 0. The highest BCUT2D eigenvalue weighted by atomic mass is 32.2. The van der Waals surface area contributed by atoms with Crippen LogP contribution in [-0.2, 0) is 14.6 Å². The monoisotopic (exact) mass is 264 g/mol. The molecule has 0 aromatic carbocycles. The molecule has 0 bridgehead atoms. The van der Waals surface area contributed by atoms with Gasteiger partial charge >= 0.3 is 0 Å². The summed E-state index contributed by atoms with van der Waals surface area (Å²) in [5.74, 6) is -0.554. The minimum absolute atomic E-state index is 0.0833. The average Bonchev–Trinajstić information content (AvgIpc) is 2.24. The first-order valence-corrected chi connectivity index (χ1v) is 7.79. The summed E-state index contributed by atoms with van der Waals surface area (Å²) < 4.78 is 23.4. The lowest BCUT2D eigenvalue weighted by atomic mass is 10.2. The molecule has 2 N–H and O–H groups in total. The highest BCUT2D eigenvalue weighted by molar-refractivity contribution is 7.92. The summed E-state index contributed by atoms with van der Waals surface area (Å²) >= 11 is 0. The van der Waals surface area contributed by atoms with Crippen LogP contribution >= 0.6 is 0 Å². The van der Waals surface area contributed by atoms with Crippen LogP contribution in [0.3, 0.4) is 0 Å². The molecule has 0 radical (unpaired) electrons. The SMILES string of the molecule is CCC(C)CS(=O)(=O)CC(=O)N(C)CCCN. The van der Waals surface area contributed by atoms with Crippen LogP contribution in [0.15, 0.2) is 0 Å². The van der Waals surface area contributed by atoms with Gasteiger partial charge in [-0.2, -0.15) is 0 Å². The third-order valence-electron chi connectivity index (χ3n) is 2.70. The number of sulfone groups is 1. The van der Waals surface area contributed by atoms with Crippen molar-refractivity contribution >= 4 is 15.7 Å². The summed E-state index contributed by atoms with van der Waals surface area (Å²) in [7, 11) is -1.68. The van der Waals surface area contributed by atoms with Crippen LogP contribution in [0.2, 0.25) is 0 Å². The van der Waals surface area contributed by atoms with Gasteiger partial charge in [0.15, 0.2) is 9.84 Å². The maximum atomic E-state index is 11.7. The van der Waals surface area contributed by atoms with Crippen LogP contribution in [0, 0.1) is 5.92 Å². The van der Waals surface area contributed by atoms with Crippen LogP contribution in [0.25, 0.3) is 0 Å². The van der Waals surface area contributed by atoms with Gasteiger partial charge in [-0.1, -0.05) is 20.3 Å². The predicted octanol–water partition coefficient (Wildman–Crippen LogP) is 0.255. The molecule has 0 heterocycles. The lowest BCUT2D eigenvalue weighted by Gasteiger charge is -2.17. The molecule has 102 valence electrons. The van der Waals surface area contributed by atoms with E-state index in [1.165, 1.54) is 4.90 Å². The molecule has 1 unspecified atom stereocenters. The molecule has 0 aliphatic heterocycles. The van der Waals surface area contributed by atoms with E-state index in [4.69, 9.17) is 5.73 Å². The van der Waals surface area contributed by atoms with Gasteiger partial charge in [0.05, 0.1) is 5.75 Å². The van der Waals surface area contributed by atoms with Crippen molar-refractivity contribution in [2.75, 3.05) is 31.6 Å². The minimum Gasteiger partial charge on any atom is -0.345 e. The summed E-state index contributed by atoms with van der Waals surface area (Å²) in [4.78, 5) is 13.1. The highest BCUT2D eigenvalue weighted by Gasteiger charge is 2.21. The number of carbonyl (C=O) groups excluding carboxylic acids is 1. The van der Waals surface area contributed by atoms with Crippen molar-refractivity contribution in [3.05, 3.63) is 0 Å². The van der Waals surface area contributed by atoms with Gasteiger partial charge < -0.3 is 10.6 Å². The first-order valence-electron chi connectivity index (χ1n) is 5.96. The van der Waals surface area contributed by atoms with Gasteiger partial charge in [-0.3, -0.25) is 4.79 Å². The van der Waals surface area contributed by atoms with Crippen LogP contribution in [-0.4, -0.2) is 50.9 Å². The molecular formula is C11H24N2O3S. The van der Waals surface area contributed by atoms with Gasteiger partial charge in [0.1, 0.15) is 5.75 Å². The number of hydrogen-bond donors (Lipinski definition) is 1. The lowest BCUT2D eigenvalue weighted by Crippen LogP contribution is -2.35. The van der Waals surface area contributed by atoms with E-state index in [0.717, 1.165) is 6.42 Å². The average molecular weight is 264 g/mol. The van der Waals surface area contributed by atoms with Crippen molar-refractivity contribution in [1.82, 2.24) is 4.90 Å². The molecule has 0 aromatic heterocycles. The smallest absolute Gasteiger partial charge is 0.237 e. The number of nitrogens with zero attached hydrogens (tertiary/aromatic N) is 1. The van der Waals surface area contributed by atoms with E-state index in [0.29, 0.717) is 19.5 Å². The molecule has 6 heteroatoms. The van der Waals surface area contributed by atoms with Crippen molar-refractivity contribution < 1.29 is 13.2 Å². The molecule has 1 amide bonds. The molecule has 0 fully saturated rings. The highest BCUT2D eigenvalue weighted by Crippen LogP contribution is 2.06. The fraction of sp³-hybridized carbons (Fsp3) is 0.909. The number of amides is 1. The molecule has 0 aromatic rings. The number of nitrogens with two attached hydrogens (primary N) is 1. The summed E-state index contributed by atoms with van der Waals surface area (Å²) in [6, 6.07) is 0. The van der Waals surface area contributed by atoms with Crippen LogP contribution in [0.4, 0.5) is 0 Å². The topological polar surface area (TPSA) is 80.5 Å². The lowest BCUT2D eigenvalue weighted by molar-refractivity contribution is -0.127. The van der Waals surface area contributed by atoms with E-state index in [9.17, 15) is 13.2 Å². The van der Waals surface area contributed by atoms with Crippen molar-refractivity contribution in [1.29, 1.82) is 0 Å². The van der Waals surface area contributed by atoms with Crippen molar-refractivity contribution in [3.63, 3.8) is 0 Å². The Bertz CT molecular complexity index is 328. The number of carbonyl (C=O) groups is 1. The predicted molar refractivity (Wildman–Crippen MR) is 69.4 cm³/mol. The molecular weight excluding hydrogens is 240 g/mol. The second-order valence-electron chi connectivity index (χ2n) is 4.53. The van der Waals surface area contributed by atoms with Gasteiger partial charge in [0.25, 0.3) is 0 Å². The Hall–Kier alpha value is -0.620. The molecule has 0 rings (SSSR count). The molecule has 0 aliphatic carbocycles. The summed E-state index contributed by atoms with van der Waals surface area (Å²) in [6.45, 7) is 4.82. The second kappa shape index (κ2) is 7.66. The molecule has 17 heavy (non-hydrogen) atoms. The molecule has 5 nitrogen and oxygen atoms in total. The Morgan fingerprint density at radius 3 is 2.47 bits per heavy atom. The fourth-order valence-corrected chi connectivity index (χ4v) is 3.18. The quantitative estimate of drug-likeness (QED) is 0.681. The van der Waals surface area contributed by atoms with E-state index < -0.39 is 15.6 Å².